The molecule has 0 radical (unpaired) electrons. The Labute approximate surface area is 109 Å². The van der Waals surface area contributed by atoms with E-state index in [4.69, 9.17) is 21.1 Å². The van der Waals surface area contributed by atoms with Crippen LogP contribution in [0.5, 0.6) is 5.75 Å². The quantitative estimate of drug-likeness (QED) is 0.356. The summed E-state index contributed by atoms with van der Waals surface area (Å²) in [6.07, 6.45) is 0. The zero-order chi connectivity index (χ0) is 13.7. The number of nitro benzene ring substituents is 1. The maximum Gasteiger partial charge on any atom is 0.345 e. The molecule has 0 aliphatic carbocycles. The normalized spacial score (nSPS) is 9.94. The van der Waals surface area contributed by atoms with E-state index in [1.807, 2.05) is 0 Å². The molecule has 0 saturated carbocycles. The molecule has 0 atom stereocenters. The van der Waals surface area contributed by atoms with Gasteiger partial charge in [0.2, 0.25) is 0 Å². The summed E-state index contributed by atoms with van der Waals surface area (Å²) >= 11 is 5.70. The highest BCUT2D eigenvalue weighted by Gasteiger charge is 2.26. The summed E-state index contributed by atoms with van der Waals surface area (Å²) < 4.78 is 9.72. The van der Waals surface area contributed by atoms with Gasteiger partial charge in [-0.05, 0) is 18.6 Å². The summed E-state index contributed by atoms with van der Waals surface area (Å²) in [5.74, 6) is -0.542. The number of carbonyl (C=O) groups is 1. The lowest BCUT2D eigenvalue weighted by molar-refractivity contribution is -0.385. The number of nitro groups is 1. The van der Waals surface area contributed by atoms with Crippen LogP contribution in [-0.2, 0) is 10.6 Å². The van der Waals surface area contributed by atoms with E-state index in [1.54, 1.807) is 6.92 Å². The van der Waals surface area contributed by atoms with E-state index in [1.165, 1.54) is 19.2 Å². The molecule has 0 fully saturated rings. The highest BCUT2D eigenvalue weighted by Crippen LogP contribution is 2.30. The number of ether oxygens (including phenoxy) is 2. The third-order valence-electron chi connectivity index (χ3n) is 2.23. The van der Waals surface area contributed by atoms with Crippen molar-refractivity contribution in [3.05, 3.63) is 33.4 Å². The van der Waals surface area contributed by atoms with Crippen LogP contribution in [-0.4, -0.2) is 24.6 Å². The maximum absolute atomic E-state index is 11.7. The van der Waals surface area contributed by atoms with E-state index < -0.39 is 10.9 Å². The largest absolute Gasteiger partial charge is 0.496 e. The average Bonchev–Trinajstić information content (AvgIpc) is 2.37. The fourth-order valence-electron chi connectivity index (χ4n) is 1.46. The van der Waals surface area contributed by atoms with Crippen LogP contribution >= 0.6 is 11.6 Å². The van der Waals surface area contributed by atoms with Gasteiger partial charge in [0.05, 0.1) is 24.7 Å². The van der Waals surface area contributed by atoms with Crippen molar-refractivity contribution in [3.63, 3.8) is 0 Å². The van der Waals surface area contributed by atoms with E-state index in [2.05, 4.69) is 0 Å². The van der Waals surface area contributed by atoms with Crippen molar-refractivity contribution < 1.29 is 19.2 Å². The predicted octanol–water partition coefficient (Wildman–Crippen LogP) is 2.52. The van der Waals surface area contributed by atoms with E-state index in [-0.39, 0.29) is 29.5 Å². The smallest absolute Gasteiger partial charge is 0.345 e. The summed E-state index contributed by atoms with van der Waals surface area (Å²) in [4.78, 5) is 22.0. The Morgan fingerprint density at radius 1 is 1.50 bits per heavy atom. The molecule has 0 bridgehead atoms. The second kappa shape index (κ2) is 6.20. The Hall–Kier alpha value is -1.82. The highest BCUT2D eigenvalue weighted by molar-refractivity contribution is 6.18. The molecule has 1 aromatic carbocycles. The third-order valence-corrected chi connectivity index (χ3v) is 2.52. The van der Waals surface area contributed by atoms with Gasteiger partial charge in [0.25, 0.3) is 5.69 Å². The first-order valence-electron chi connectivity index (χ1n) is 5.13. The summed E-state index contributed by atoms with van der Waals surface area (Å²) in [5, 5.41) is 11.0. The monoisotopic (exact) mass is 273 g/mol. The topological polar surface area (TPSA) is 78.7 Å². The Bertz CT molecular complexity index is 475. The van der Waals surface area contributed by atoms with Crippen molar-refractivity contribution in [2.75, 3.05) is 13.7 Å². The standard InChI is InChI=1S/C11H12ClNO5/c1-3-18-11(14)10-7(6-12)4-8(17-2)5-9(10)13(15)16/h4-5H,3,6H2,1-2H3. The molecule has 98 valence electrons. The molecule has 18 heavy (non-hydrogen) atoms. The van der Waals surface area contributed by atoms with Crippen LogP contribution in [0.4, 0.5) is 5.69 Å². The van der Waals surface area contributed by atoms with Crippen molar-refractivity contribution in [1.29, 1.82) is 0 Å². The third kappa shape index (κ3) is 2.89. The number of halogens is 1. The van der Waals surface area contributed by atoms with E-state index in [0.29, 0.717) is 5.56 Å². The number of rotatable bonds is 5. The first-order chi connectivity index (χ1) is 8.54. The minimum Gasteiger partial charge on any atom is -0.496 e. The van der Waals surface area contributed by atoms with Crippen LogP contribution in [0, 0.1) is 10.1 Å². The lowest BCUT2D eigenvalue weighted by Gasteiger charge is -2.09. The molecule has 0 aliphatic heterocycles. The summed E-state index contributed by atoms with van der Waals surface area (Å²) in [5.41, 5.74) is -0.192. The molecular weight excluding hydrogens is 262 g/mol. The second-order valence-electron chi connectivity index (χ2n) is 3.29. The fourth-order valence-corrected chi connectivity index (χ4v) is 1.67. The Morgan fingerprint density at radius 2 is 2.17 bits per heavy atom. The number of nitrogens with zero attached hydrogens (tertiary/aromatic N) is 1. The zero-order valence-corrected chi connectivity index (χ0v) is 10.7. The molecule has 0 heterocycles. The molecule has 0 unspecified atom stereocenters. The van der Waals surface area contributed by atoms with Gasteiger partial charge in [-0.1, -0.05) is 0 Å². The van der Waals surface area contributed by atoms with Gasteiger partial charge in [-0.2, -0.15) is 0 Å². The van der Waals surface area contributed by atoms with Crippen LogP contribution in [0.25, 0.3) is 0 Å². The predicted molar refractivity (Wildman–Crippen MR) is 65.2 cm³/mol. The molecular formula is C11H12ClNO5. The van der Waals surface area contributed by atoms with Gasteiger partial charge in [-0.25, -0.2) is 4.79 Å². The number of methoxy groups -OCH3 is 1. The van der Waals surface area contributed by atoms with Crippen molar-refractivity contribution in [1.82, 2.24) is 0 Å². The van der Waals surface area contributed by atoms with Crippen molar-refractivity contribution in [2.45, 2.75) is 12.8 Å². The van der Waals surface area contributed by atoms with Gasteiger partial charge in [-0.15, -0.1) is 11.6 Å². The SMILES string of the molecule is CCOC(=O)c1c(CCl)cc(OC)cc1[N+](=O)[O-]. The zero-order valence-electron chi connectivity index (χ0n) is 9.94. The van der Waals surface area contributed by atoms with Gasteiger partial charge >= 0.3 is 5.97 Å². The van der Waals surface area contributed by atoms with Gasteiger partial charge < -0.3 is 9.47 Å². The van der Waals surface area contributed by atoms with Gasteiger partial charge in [-0.3, -0.25) is 10.1 Å². The van der Waals surface area contributed by atoms with Crippen LogP contribution in [0.2, 0.25) is 0 Å². The van der Waals surface area contributed by atoms with Gasteiger partial charge in [0.1, 0.15) is 11.3 Å². The van der Waals surface area contributed by atoms with Crippen molar-refractivity contribution in [2.24, 2.45) is 0 Å². The van der Waals surface area contributed by atoms with Gasteiger partial charge in [0.15, 0.2) is 0 Å². The Kier molecular flexibility index (Phi) is 4.91. The molecule has 1 aromatic rings. The van der Waals surface area contributed by atoms with E-state index in [9.17, 15) is 14.9 Å². The van der Waals surface area contributed by atoms with Crippen LogP contribution in [0.3, 0.4) is 0 Å². The number of alkyl halides is 1. The van der Waals surface area contributed by atoms with E-state index in [0.717, 1.165) is 0 Å². The fraction of sp³-hybridized carbons (Fsp3) is 0.364. The first kappa shape index (κ1) is 14.2. The number of carbonyl (C=O) groups excluding carboxylic acids is 1. The van der Waals surface area contributed by atoms with Crippen molar-refractivity contribution >= 4 is 23.3 Å². The van der Waals surface area contributed by atoms with Crippen LogP contribution < -0.4 is 4.74 Å². The second-order valence-corrected chi connectivity index (χ2v) is 3.56. The molecule has 7 heteroatoms. The molecule has 0 saturated heterocycles. The molecule has 0 amide bonds. The van der Waals surface area contributed by atoms with Gasteiger partial charge in [0, 0.05) is 5.88 Å². The average molecular weight is 274 g/mol. The molecule has 0 N–H and O–H groups in total. The molecule has 1 rings (SSSR count). The molecule has 0 aliphatic rings. The number of benzene rings is 1. The van der Waals surface area contributed by atoms with Crippen molar-refractivity contribution in [3.8, 4) is 5.75 Å². The summed E-state index contributed by atoms with van der Waals surface area (Å²) in [6, 6.07) is 2.65. The molecule has 6 nitrogen and oxygen atoms in total. The maximum atomic E-state index is 11.7. The first-order valence-corrected chi connectivity index (χ1v) is 5.67. The summed E-state index contributed by atoms with van der Waals surface area (Å²) in [7, 11) is 1.38. The number of hydrogen-bond donors (Lipinski definition) is 0. The number of hydrogen-bond acceptors (Lipinski definition) is 5. The number of esters is 1. The molecule has 0 spiro atoms. The lowest BCUT2D eigenvalue weighted by Crippen LogP contribution is -2.11. The molecule has 0 aromatic heterocycles. The lowest BCUT2D eigenvalue weighted by atomic mass is 10.1. The minimum atomic E-state index is -0.762. The van der Waals surface area contributed by atoms with Crippen LogP contribution in [0.1, 0.15) is 22.8 Å². The van der Waals surface area contributed by atoms with E-state index >= 15 is 0 Å². The van der Waals surface area contributed by atoms with Crippen LogP contribution in [0.15, 0.2) is 12.1 Å². The summed E-state index contributed by atoms with van der Waals surface area (Å²) in [6.45, 7) is 1.75. The Balaban J connectivity index is 3.44. The Morgan fingerprint density at radius 3 is 2.61 bits per heavy atom. The highest BCUT2D eigenvalue weighted by atomic mass is 35.5. The minimum absolute atomic E-state index is 0.0494.